The molecule has 0 saturated carbocycles. The SMILES string of the molecule is O=c1c(/C=N/O)c(Sc2ccc(Cl)cc2)nc2ccccn12. The van der Waals surface area contributed by atoms with Crippen LogP contribution in [0.4, 0.5) is 0 Å². The van der Waals surface area contributed by atoms with Crippen molar-refractivity contribution in [2.45, 2.75) is 9.92 Å². The number of halogens is 1. The lowest BCUT2D eigenvalue weighted by atomic mass is 10.3. The molecule has 0 bridgehead atoms. The smallest absolute Gasteiger partial charge is 0.267 e. The van der Waals surface area contributed by atoms with Crippen LogP contribution in [-0.2, 0) is 0 Å². The first-order chi connectivity index (χ1) is 10.7. The zero-order valence-corrected chi connectivity index (χ0v) is 12.8. The summed E-state index contributed by atoms with van der Waals surface area (Å²) < 4.78 is 1.41. The van der Waals surface area contributed by atoms with E-state index in [9.17, 15) is 4.79 Å². The molecule has 0 aliphatic heterocycles. The van der Waals surface area contributed by atoms with Gasteiger partial charge in [0.05, 0.1) is 11.8 Å². The van der Waals surface area contributed by atoms with Crippen molar-refractivity contribution in [3.8, 4) is 0 Å². The normalized spacial score (nSPS) is 11.3. The summed E-state index contributed by atoms with van der Waals surface area (Å²) in [6.07, 6.45) is 2.73. The van der Waals surface area contributed by atoms with Crippen molar-refractivity contribution in [2.24, 2.45) is 5.16 Å². The molecule has 0 amide bonds. The predicted molar refractivity (Wildman–Crippen MR) is 86.4 cm³/mol. The van der Waals surface area contributed by atoms with Crippen molar-refractivity contribution in [1.29, 1.82) is 0 Å². The Morgan fingerprint density at radius 3 is 2.73 bits per heavy atom. The van der Waals surface area contributed by atoms with Gasteiger partial charge in [-0.2, -0.15) is 0 Å². The lowest BCUT2D eigenvalue weighted by Crippen LogP contribution is -2.20. The molecule has 0 aliphatic carbocycles. The quantitative estimate of drug-likeness (QED) is 0.346. The molecule has 2 heterocycles. The second kappa shape index (κ2) is 6.21. The highest BCUT2D eigenvalue weighted by Crippen LogP contribution is 2.28. The van der Waals surface area contributed by atoms with Crippen LogP contribution < -0.4 is 5.56 Å². The average Bonchev–Trinajstić information content (AvgIpc) is 2.53. The van der Waals surface area contributed by atoms with Gasteiger partial charge in [0.15, 0.2) is 0 Å². The Kier molecular flexibility index (Phi) is 4.13. The van der Waals surface area contributed by atoms with Crippen molar-refractivity contribution >= 4 is 35.2 Å². The monoisotopic (exact) mass is 331 g/mol. The van der Waals surface area contributed by atoms with Gasteiger partial charge in [-0.1, -0.05) is 34.6 Å². The molecule has 3 rings (SSSR count). The van der Waals surface area contributed by atoms with E-state index in [-0.39, 0.29) is 11.1 Å². The minimum Gasteiger partial charge on any atom is -0.411 e. The van der Waals surface area contributed by atoms with Gasteiger partial charge >= 0.3 is 0 Å². The maximum Gasteiger partial charge on any atom is 0.267 e. The van der Waals surface area contributed by atoms with Crippen LogP contribution in [-0.4, -0.2) is 20.8 Å². The number of oxime groups is 1. The Bertz CT molecular complexity index is 907. The van der Waals surface area contributed by atoms with E-state index in [0.29, 0.717) is 15.7 Å². The molecule has 0 fully saturated rings. The Balaban J connectivity index is 2.16. The van der Waals surface area contributed by atoms with Gasteiger partial charge in [0.25, 0.3) is 5.56 Å². The Labute approximate surface area is 134 Å². The molecular weight excluding hydrogens is 322 g/mol. The molecule has 0 radical (unpaired) electrons. The highest BCUT2D eigenvalue weighted by atomic mass is 35.5. The third kappa shape index (κ3) is 2.84. The number of fused-ring (bicyclic) bond motifs is 1. The maximum absolute atomic E-state index is 12.5. The minimum atomic E-state index is -0.292. The molecule has 5 nitrogen and oxygen atoms in total. The van der Waals surface area contributed by atoms with Crippen LogP contribution in [0.5, 0.6) is 0 Å². The molecule has 22 heavy (non-hydrogen) atoms. The van der Waals surface area contributed by atoms with Gasteiger partial charge in [-0.3, -0.25) is 9.20 Å². The molecule has 0 atom stereocenters. The van der Waals surface area contributed by atoms with E-state index >= 15 is 0 Å². The summed E-state index contributed by atoms with van der Waals surface area (Å²) in [5.74, 6) is 0. The minimum absolute atomic E-state index is 0.228. The molecule has 1 N–H and O–H groups in total. The molecule has 3 aromatic rings. The van der Waals surface area contributed by atoms with Crippen molar-refractivity contribution in [3.63, 3.8) is 0 Å². The van der Waals surface area contributed by atoms with Gasteiger partial charge in [0.2, 0.25) is 0 Å². The second-order valence-corrected chi connectivity index (χ2v) is 5.86. The van der Waals surface area contributed by atoms with Crippen LogP contribution >= 0.6 is 23.4 Å². The molecule has 2 aromatic heterocycles. The van der Waals surface area contributed by atoms with Crippen LogP contribution in [0, 0.1) is 0 Å². The highest BCUT2D eigenvalue weighted by Gasteiger charge is 2.12. The van der Waals surface area contributed by atoms with Gasteiger partial charge < -0.3 is 5.21 Å². The first-order valence-corrected chi connectivity index (χ1v) is 7.51. The summed E-state index contributed by atoms with van der Waals surface area (Å²) in [5.41, 5.74) is 0.463. The van der Waals surface area contributed by atoms with Crippen LogP contribution in [0.1, 0.15) is 5.56 Å². The van der Waals surface area contributed by atoms with Gasteiger partial charge in [0, 0.05) is 16.1 Å². The van der Waals surface area contributed by atoms with Crippen LogP contribution in [0.15, 0.2) is 68.5 Å². The summed E-state index contributed by atoms with van der Waals surface area (Å²) in [5, 5.41) is 12.9. The molecule has 7 heteroatoms. The molecule has 0 aliphatic rings. The molecule has 0 spiro atoms. The van der Waals surface area contributed by atoms with Gasteiger partial charge in [-0.05, 0) is 36.4 Å². The predicted octanol–water partition coefficient (Wildman–Crippen LogP) is 3.31. The molecular formula is C15H10ClN3O2S. The standard InChI is InChI=1S/C15H10ClN3O2S/c16-10-4-6-11(7-5-10)22-14-12(9-17-21)15(20)19-8-2-1-3-13(19)18-14/h1-9,21H/b17-9+. The highest BCUT2D eigenvalue weighted by molar-refractivity contribution is 7.99. The topological polar surface area (TPSA) is 67.0 Å². The Morgan fingerprint density at radius 1 is 1.23 bits per heavy atom. The maximum atomic E-state index is 12.5. The van der Waals surface area contributed by atoms with E-state index in [4.69, 9.17) is 16.8 Å². The average molecular weight is 332 g/mol. The number of pyridine rings is 1. The van der Waals surface area contributed by atoms with E-state index in [0.717, 1.165) is 11.1 Å². The first-order valence-electron chi connectivity index (χ1n) is 6.31. The zero-order chi connectivity index (χ0) is 15.5. The number of nitrogens with zero attached hydrogens (tertiary/aromatic N) is 3. The lowest BCUT2D eigenvalue weighted by molar-refractivity contribution is 0.321. The fourth-order valence-corrected chi connectivity index (χ4v) is 2.95. The second-order valence-electron chi connectivity index (χ2n) is 4.37. The molecule has 0 unspecified atom stereocenters. The van der Waals surface area contributed by atoms with Crippen LogP contribution in [0.2, 0.25) is 5.02 Å². The number of hydrogen-bond acceptors (Lipinski definition) is 5. The van der Waals surface area contributed by atoms with Crippen molar-refractivity contribution in [1.82, 2.24) is 9.38 Å². The lowest BCUT2D eigenvalue weighted by Gasteiger charge is -2.07. The Morgan fingerprint density at radius 2 is 2.00 bits per heavy atom. The number of hydrogen-bond donors (Lipinski definition) is 1. The van der Waals surface area contributed by atoms with Crippen molar-refractivity contribution in [2.75, 3.05) is 0 Å². The van der Waals surface area contributed by atoms with E-state index in [1.165, 1.54) is 16.2 Å². The molecule has 110 valence electrons. The third-order valence-electron chi connectivity index (χ3n) is 2.95. The fourth-order valence-electron chi connectivity index (χ4n) is 1.94. The summed E-state index contributed by atoms with van der Waals surface area (Å²) in [4.78, 5) is 17.8. The summed E-state index contributed by atoms with van der Waals surface area (Å²) in [7, 11) is 0. The van der Waals surface area contributed by atoms with E-state index in [1.54, 1.807) is 36.5 Å². The van der Waals surface area contributed by atoms with E-state index < -0.39 is 0 Å². The van der Waals surface area contributed by atoms with Gasteiger partial charge in [-0.25, -0.2) is 4.98 Å². The van der Waals surface area contributed by atoms with Crippen molar-refractivity contribution in [3.05, 3.63) is 69.6 Å². The zero-order valence-electron chi connectivity index (χ0n) is 11.2. The largest absolute Gasteiger partial charge is 0.411 e. The summed E-state index contributed by atoms with van der Waals surface area (Å²) in [6.45, 7) is 0. The van der Waals surface area contributed by atoms with Gasteiger partial charge in [0.1, 0.15) is 10.7 Å². The number of rotatable bonds is 3. The van der Waals surface area contributed by atoms with Crippen LogP contribution in [0.25, 0.3) is 5.65 Å². The summed E-state index contributed by atoms with van der Waals surface area (Å²) >= 11 is 7.17. The van der Waals surface area contributed by atoms with Gasteiger partial charge in [-0.15, -0.1) is 0 Å². The van der Waals surface area contributed by atoms with E-state index in [2.05, 4.69) is 10.1 Å². The van der Waals surface area contributed by atoms with Crippen molar-refractivity contribution < 1.29 is 5.21 Å². The molecule has 0 saturated heterocycles. The van der Waals surface area contributed by atoms with E-state index in [1.807, 2.05) is 12.1 Å². The number of aromatic nitrogens is 2. The number of benzene rings is 1. The fraction of sp³-hybridized carbons (Fsp3) is 0. The molecule has 1 aromatic carbocycles. The first kappa shape index (κ1) is 14.6. The summed E-state index contributed by atoms with van der Waals surface area (Å²) in [6, 6.07) is 12.5. The Hall–Kier alpha value is -2.31. The third-order valence-corrected chi connectivity index (χ3v) is 4.21. The van der Waals surface area contributed by atoms with Crippen LogP contribution in [0.3, 0.4) is 0 Å².